The summed E-state index contributed by atoms with van der Waals surface area (Å²) < 4.78 is 7.31. The molecule has 1 heterocycles. The molecule has 1 atom stereocenters. The first kappa shape index (κ1) is 14.2. The molecule has 98 valence electrons. The van der Waals surface area contributed by atoms with E-state index in [1.54, 1.807) is 6.20 Å². The summed E-state index contributed by atoms with van der Waals surface area (Å²) >= 11 is 0. The summed E-state index contributed by atoms with van der Waals surface area (Å²) in [5.41, 5.74) is 0. The maximum Gasteiger partial charge on any atom is 0.122 e. The van der Waals surface area contributed by atoms with Gasteiger partial charge in [0.25, 0.3) is 0 Å². The van der Waals surface area contributed by atoms with Crippen LogP contribution in [0.3, 0.4) is 0 Å². The molecule has 0 aliphatic heterocycles. The first-order valence-corrected chi connectivity index (χ1v) is 6.02. The Bertz CT molecular complexity index is 312. The summed E-state index contributed by atoms with van der Waals surface area (Å²) in [4.78, 5) is 4.19. The lowest BCUT2D eigenvalue weighted by Gasteiger charge is -2.13. The average molecular weight is 241 g/mol. The molecule has 17 heavy (non-hydrogen) atoms. The van der Waals surface area contributed by atoms with Crippen molar-refractivity contribution in [3.05, 3.63) is 18.2 Å². The van der Waals surface area contributed by atoms with E-state index in [9.17, 15) is 5.11 Å². The Hall–Kier alpha value is -0.910. The molecule has 5 heteroatoms. The van der Waals surface area contributed by atoms with Gasteiger partial charge >= 0.3 is 0 Å². The largest absolute Gasteiger partial charge is 0.389 e. The highest BCUT2D eigenvalue weighted by molar-refractivity contribution is 4.90. The van der Waals surface area contributed by atoms with Crippen LogP contribution in [0.25, 0.3) is 0 Å². The van der Waals surface area contributed by atoms with Crippen LogP contribution in [0, 0.1) is 5.92 Å². The fourth-order valence-electron chi connectivity index (χ4n) is 1.42. The van der Waals surface area contributed by atoms with Gasteiger partial charge in [0, 0.05) is 32.6 Å². The third-order valence-corrected chi connectivity index (χ3v) is 2.35. The number of nitrogens with one attached hydrogen (secondary N) is 1. The summed E-state index contributed by atoms with van der Waals surface area (Å²) in [5, 5.41) is 12.8. The Labute approximate surface area is 103 Å². The van der Waals surface area contributed by atoms with Crippen LogP contribution in [0.1, 0.15) is 19.7 Å². The summed E-state index contributed by atoms with van der Waals surface area (Å²) in [6, 6.07) is 0. The van der Waals surface area contributed by atoms with E-state index in [0.717, 1.165) is 5.82 Å². The van der Waals surface area contributed by atoms with Gasteiger partial charge in [0.1, 0.15) is 5.82 Å². The van der Waals surface area contributed by atoms with Crippen LogP contribution in [0.5, 0.6) is 0 Å². The van der Waals surface area contributed by atoms with Crippen molar-refractivity contribution in [2.24, 2.45) is 13.0 Å². The highest BCUT2D eigenvalue weighted by Gasteiger charge is 2.05. The van der Waals surface area contributed by atoms with Crippen molar-refractivity contribution in [2.75, 3.05) is 19.8 Å². The number of rotatable bonds is 8. The van der Waals surface area contributed by atoms with Crippen molar-refractivity contribution in [2.45, 2.75) is 26.5 Å². The molecule has 2 N–H and O–H groups in total. The monoisotopic (exact) mass is 241 g/mol. The predicted octanol–water partition coefficient (Wildman–Crippen LogP) is 0.543. The zero-order chi connectivity index (χ0) is 12.7. The summed E-state index contributed by atoms with van der Waals surface area (Å²) in [5.74, 6) is 1.46. The van der Waals surface area contributed by atoms with Crippen molar-refractivity contribution < 1.29 is 9.84 Å². The van der Waals surface area contributed by atoms with Crippen LogP contribution in [0.2, 0.25) is 0 Å². The molecule has 0 saturated carbocycles. The second-order valence-corrected chi connectivity index (χ2v) is 4.67. The normalized spacial score (nSPS) is 13.2. The van der Waals surface area contributed by atoms with E-state index in [2.05, 4.69) is 24.1 Å². The number of aliphatic hydroxyl groups excluding tert-OH is 1. The number of hydrogen-bond acceptors (Lipinski definition) is 4. The van der Waals surface area contributed by atoms with Gasteiger partial charge < -0.3 is 19.7 Å². The van der Waals surface area contributed by atoms with E-state index in [4.69, 9.17) is 4.74 Å². The average Bonchev–Trinajstić information content (AvgIpc) is 2.64. The molecule has 0 spiro atoms. The lowest BCUT2D eigenvalue weighted by Crippen LogP contribution is -2.31. The molecule has 5 nitrogen and oxygen atoms in total. The van der Waals surface area contributed by atoms with E-state index in [-0.39, 0.29) is 0 Å². The minimum Gasteiger partial charge on any atom is -0.389 e. The first-order valence-electron chi connectivity index (χ1n) is 6.02. The van der Waals surface area contributed by atoms with Gasteiger partial charge in [0.2, 0.25) is 0 Å². The molecule has 1 rings (SSSR count). The van der Waals surface area contributed by atoms with Crippen LogP contribution < -0.4 is 5.32 Å². The minimum atomic E-state index is -0.464. The summed E-state index contributed by atoms with van der Waals surface area (Å²) in [6.45, 7) is 6.43. The van der Waals surface area contributed by atoms with Crippen LogP contribution in [0.4, 0.5) is 0 Å². The zero-order valence-corrected chi connectivity index (χ0v) is 10.9. The molecule has 1 aromatic rings. The SMILES string of the molecule is CC(C)COCC(O)CNCc1nccn1C. The molecule has 0 saturated heterocycles. The van der Waals surface area contributed by atoms with Gasteiger partial charge in [-0.3, -0.25) is 0 Å². The Balaban J connectivity index is 2.08. The Morgan fingerprint density at radius 2 is 2.24 bits per heavy atom. The lowest BCUT2D eigenvalue weighted by atomic mass is 10.2. The molecule has 0 bridgehead atoms. The Morgan fingerprint density at radius 3 is 2.82 bits per heavy atom. The third kappa shape index (κ3) is 5.81. The molecule has 0 aliphatic carbocycles. The van der Waals surface area contributed by atoms with E-state index in [0.29, 0.717) is 32.2 Å². The quantitative estimate of drug-likeness (QED) is 0.697. The predicted molar refractivity (Wildman–Crippen MR) is 66.6 cm³/mol. The number of hydrogen-bond donors (Lipinski definition) is 2. The van der Waals surface area contributed by atoms with E-state index >= 15 is 0 Å². The van der Waals surface area contributed by atoms with Gasteiger partial charge in [-0.25, -0.2) is 4.98 Å². The highest BCUT2D eigenvalue weighted by atomic mass is 16.5. The molecule has 0 aromatic carbocycles. The fourth-order valence-corrected chi connectivity index (χ4v) is 1.42. The van der Waals surface area contributed by atoms with E-state index in [1.807, 2.05) is 17.8 Å². The van der Waals surface area contributed by atoms with Crippen LogP contribution in [-0.2, 0) is 18.3 Å². The van der Waals surface area contributed by atoms with Crippen molar-refractivity contribution in [3.8, 4) is 0 Å². The Kier molecular flexibility index (Phi) is 6.18. The van der Waals surface area contributed by atoms with Gasteiger partial charge in [-0.05, 0) is 5.92 Å². The number of ether oxygens (including phenoxy) is 1. The number of aryl methyl sites for hydroxylation is 1. The van der Waals surface area contributed by atoms with Crippen LogP contribution in [-0.4, -0.2) is 40.5 Å². The molecular weight excluding hydrogens is 218 g/mol. The highest BCUT2D eigenvalue weighted by Crippen LogP contribution is 1.95. The second kappa shape index (κ2) is 7.42. The van der Waals surface area contributed by atoms with Gasteiger partial charge in [0.15, 0.2) is 0 Å². The molecule has 0 amide bonds. The number of aromatic nitrogens is 2. The molecule has 1 unspecified atom stereocenters. The smallest absolute Gasteiger partial charge is 0.122 e. The molecular formula is C12H23N3O2. The number of imidazole rings is 1. The van der Waals surface area contributed by atoms with Crippen molar-refractivity contribution in [1.82, 2.24) is 14.9 Å². The van der Waals surface area contributed by atoms with Crippen molar-refractivity contribution in [3.63, 3.8) is 0 Å². The molecule has 0 fully saturated rings. The van der Waals surface area contributed by atoms with Gasteiger partial charge in [-0.2, -0.15) is 0 Å². The number of aliphatic hydroxyl groups is 1. The second-order valence-electron chi connectivity index (χ2n) is 4.67. The van der Waals surface area contributed by atoms with E-state index < -0.39 is 6.10 Å². The molecule has 0 radical (unpaired) electrons. The lowest BCUT2D eigenvalue weighted by molar-refractivity contribution is 0.0259. The zero-order valence-electron chi connectivity index (χ0n) is 10.9. The van der Waals surface area contributed by atoms with Crippen LogP contribution >= 0.6 is 0 Å². The van der Waals surface area contributed by atoms with Crippen molar-refractivity contribution >= 4 is 0 Å². The van der Waals surface area contributed by atoms with E-state index in [1.165, 1.54) is 0 Å². The third-order valence-electron chi connectivity index (χ3n) is 2.35. The Morgan fingerprint density at radius 1 is 1.47 bits per heavy atom. The first-order chi connectivity index (χ1) is 8.09. The molecule has 0 aliphatic rings. The maximum absolute atomic E-state index is 9.65. The van der Waals surface area contributed by atoms with Crippen LogP contribution in [0.15, 0.2) is 12.4 Å². The fraction of sp³-hybridized carbons (Fsp3) is 0.750. The van der Waals surface area contributed by atoms with Gasteiger partial charge in [-0.1, -0.05) is 13.8 Å². The maximum atomic E-state index is 9.65. The van der Waals surface area contributed by atoms with Gasteiger partial charge in [0.05, 0.1) is 19.3 Å². The van der Waals surface area contributed by atoms with Crippen molar-refractivity contribution in [1.29, 1.82) is 0 Å². The minimum absolute atomic E-state index is 0.381. The summed E-state index contributed by atoms with van der Waals surface area (Å²) in [7, 11) is 1.95. The summed E-state index contributed by atoms with van der Waals surface area (Å²) in [6.07, 6.45) is 3.20. The topological polar surface area (TPSA) is 59.3 Å². The standard InChI is InChI=1S/C12H23N3O2/c1-10(2)8-17-9-11(16)6-13-7-12-14-4-5-15(12)3/h4-5,10-11,13,16H,6-9H2,1-3H3. The molecule has 1 aromatic heterocycles. The van der Waals surface area contributed by atoms with Gasteiger partial charge in [-0.15, -0.1) is 0 Å². The number of nitrogens with zero attached hydrogens (tertiary/aromatic N) is 2.